The minimum Gasteiger partial charge on any atom is -0.493 e. The molecule has 8 heteroatoms. The first kappa shape index (κ1) is 20.8. The first-order chi connectivity index (χ1) is 12.7. The van der Waals surface area contributed by atoms with Crippen molar-refractivity contribution in [2.45, 2.75) is 38.8 Å². The molecule has 2 atom stereocenters. The molecule has 2 rings (SSSR count). The topological polar surface area (TPSA) is 103 Å². The third kappa shape index (κ3) is 3.29. The summed E-state index contributed by atoms with van der Waals surface area (Å²) in [6.45, 7) is 5.89. The smallest absolute Gasteiger partial charge is 0.330 e. The van der Waals surface area contributed by atoms with E-state index in [9.17, 15) is 14.7 Å². The van der Waals surface area contributed by atoms with Crippen molar-refractivity contribution < 1.29 is 33.6 Å². The normalized spacial score (nSPS) is 23.1. The summed E-state index contributed by atoms with van der Waals surface area (Å²) in [7, 11) is 4.35. The van der Waals surface area contributed by atoms with Crippen LogP contribution in [0.15, 0.2) is 12.1 Å². The first-order valence-electron chi connectivity index (χ1n) is 8.66. The van der Waals surface area contributed by atoms with Crippen LogP contribution in [-0.2, 0) is 9.53 Å². The number of benzene rings is 1. The highest BCUT2D eigenvalue weighted by atomic mass is 16.5. The van der Waals surface area contributed by atoms with E-state index in [-0.39, 0.29) is 18.1 Å². The van der Waals surface area contributed by atoms with Crippen LogP contribution in [0.3, 0.4) is 0 Å². The van der Waals surface area contributed by atoms with Gasteiger partial charge in [0, 0.05) is 24.0 Å². The molecule has 0 aliphatic heterocycles. The first-order valence-corrected chi connectivity index (χ1v) is 8.66. The Kier molecular flexibility index (Phi) is 5.89. The Morgan fingerprint density at radius 3 is 2.07 bits per heavy atom. The monoisotopic (exact) mass is 381 g/mol. The number of hydrogen-bond acceptors (Lipinski definition) is 6. The van der Waals surface area contributed by atoms with E-state index in [2.05, 4.69) is 5.32 Å². The molecule has 1 fully saturated rings. The summed E-state index contributed by atoms with van der Waals surface area (Å²) in [6.07, 6.45) is -0.0573. The maximum absolute atomic E-state index is 12.9. The van der Waals surface area contributed by atoms with Crippen molar-refractivity contribution in [3.05, 3.63) is 17.7 Å². The molecule has 0 saturated heterocycles. The largest absolute Gasteiger partial charge is 0.493 e. The van der Waals surface area contributed by atoms with Crippen molar-refractivity contribution in [1.82, 2.24) is 5.32 Å². The van der Waals surface area contributed by atoms with E-state index in [0.29, 0.717) is 23.9 Å². The summed E-state index contributed by atoms with van der Waals surface area (Å²) >= 11 is 0. The lowest BCUT2D eigenvalue weighted by molar-refractivity contribution is -0.190. The number of aliphatic carboxylic acids is 1. The van der Waals surface area contributed by atoms with Gasteiger partial charge in [-0.25, -0.2) is 4.79 Å². The van der Waals surface area contributed by atoms with E-state index in [0.717, 1.165) is 0 Å². The Morgan fingerprint density at radius 1 is 1.15 bits per heavy atom. The summed E-state index contributed by atoms with van der Waals surface area (Å²) < 4.78 is 21.4. The van der Waals surface area contributed by atoms with Gasteiger partial charge in [0.25, 0.3) is 5.91 Å². The number of methoxy groups -OCH3 is 3. The predicted molar refractivity (Wildman–Crippen MR) is 97.7 cm³/mol. The number of carbonyl (C=O) groups excluding carboxylic acids is 1. The van der Waals surface area contributed by atoms with Crippen molar-refractivity contribution in [2.24, 2.45) is 5.41 Å². The van der Waals surface area contributed by atoms with Crippen molar-refractivity contribution in [2.75, 3.05) is 27.9 Å². The van der Waals surface area contributed by atoms with Crippen LogP contribution in [0.4, 0.5) is 0 Å². The Morgan fingerprint density at radius 2 is 1.70 bits per heavy atom. The Hall–Kier alpha value is -2.48. The average molecular weight is 381 g/mol. The lowest BCUT2D eigenvalue weighted by Crippen LogP contribution is -2.76. The van der Waals surface area contributed by atoms with Crippen LogP contribution in [0.25, 0.3) is 0 Å². The molecule has 0 aromatic heterocycles. The number of carboxylic acid groups (broad SMARTS) is 1. The third-order valence-corrected chi connectivity index (χ3v) is 5.38. The van der Waals surface area contributed by atoms with E-state index in [4.69, 9.17) is 18.9 Å². The van der Waals surface area contributed by atoms with E-state index < -0.39 is 22.8 Å². The van der Waals surface area contributed by atoms with E-state index in [1.807, 2.05) is 6.92 Å². The van der Waals surface area contributed by atoms with Gasteiger partial charge in [-0.3, -0.25) is 4.79 Å². The zero-order valence-electron chi connectivity index (χ0n) is 16.5. The highest BCUT2D eigenvalue weighted by Crippen LogP contribution is 2.51. The SMILES string of the molecule is CCOC1CC(NC(=O)c2cc(OC)c(OC)c(OC)c2)(C(=O)O)C1(C)C. The van der Waals surface area contributed by atoms with Crippen molar-refractivity contribution in [3.63, 3.8) is 0 Å². The number of nitrogens with one attached hydrogen (secondary N) is 1. The summed E-state index contributed by atoms with van der Waals surface area (Å²) in [5, 5.41) is 12.5. The second-order valence-electron chi connectivity index (χ2n) is 6.95. The zero-order valence-corrected chi connectivity index (χ0v) is 16.5. The van der Waals surface area contributed by atoms with Crippen molar-refractivity contribution >= 4 is 11.9 Å². The number of rotatable bonds is 8. The summed E-state index contributed by atoms with van der Waals surface area (Å²) in [5.41, 5.74) is -1.99. The van der Waals surface area contributed by atoms with E-state index in [1.165, 1.54) is 33.5 Å². The highest BCUT2D eigenvalue weighted by molar-refractivity contribution is 5.99. The molecule has 27 heavy (non-hydrogen) atoms. The highest BCUT2D eigenvalue weighted by Gasteiger charge is 2.66. The molecule has 0 spiro atoms. The molecular formula is C19H27NO7. The van der Waals surface area contributed by atoms with Gasteiger partial charge in [-0.1, -0.05) is 13.8 Å². The van der Waals surface area contributed by atoms with Gasteiger partial charge in [-0.2, -0.15) is 0 Å². The molecule has 2 unspecified atom stereocenters. The summed E-state index contributed by atoms with van der Waals surface area (Å²) in [4.78, 5) is 24.9. The maximum Gasteiger partial charge on any atom is 0.330 e. The van der Waals surface area contributed by atoms with Gasteiger partial charge in [0.15, 0.2) is 11.5 Å². The van der Waals surface area contributed by atoms with Crippen LogP contribution >= 0.6 is 0 Å². The van der Waals surface area contributed by atoms with Crippen LogP contribution in [0, 0.1) is 5.41 Å². The number of amides is 1. The second kappa shape index (κ2) is 7.64. The van der Waals surface area contributed by atoms with Crippen LogP contribution < -0.4 is 19.5 Å². The second-order valence-corrected chi connectivity index (χ2v) is 6.95. The van der Waals surface area contributed by atoms with Gasteiger partial charge in [-0.05, 0) is 19.1 Å². The Balaban J connectivity index is 2.37. The quantitative estimate of drug-likeness (QED) is 0.711. The number of hydrogen-bond donors (Lipinski definition) is 2. The van der Waals surface area contributed by atoms with Crippen LogP contribution in [0.1, 0.15) is 37.6 Å². The minimum atomic E-state index is -1.43. The van der Waals surface area contributed by atoms with Gasteiger partial charge in [0.2, 0.25) is 5.75 Å². The minimum absolute atomic E-state index is 0.194. The van der Waals surface area contributed by atoms with Crippen LogP contribution in [-0.4, -0.2) is 56.6 Å². The standard InChI is InChI=1S/C19H27NO7/c1-7-27-14-10-19(17(22)23,18(14,2)3)20-16(21)11-8-12(24-4)15(26-6)13(9-11)25-5/h8-9,14H,7,10H2,1-6H3,(H,20,21)(H,22,23). The molecule has 1 aromatic rings. The molecule has 150 valence electrons. The maximum atomic E-state index is 12.9. The fourth-order valence-electron chi connectivity index (χ4n) is 3.52. The molecule has 0 radical (unpaired) electrons. The van der Waals surface area contributed by atoms with Crippen LogP contribution in [0.2, 0.25) is 0 Å². The molecule has 1 aliphatic carbocycles. The molecule has 1 amide bonds. The lowest BCUT2D eigenvalue weighted by atomic mass is 9.54. The summed E-state index contributed by atoms with van der Waals surface area (Å²) in [6, 6.07) is 2.97. The number of ether oxygens (including phenoxy) is 4. The lowest BCUT2D eigenvalue weighted by Gasteiger charge is -2.58. The predicted octanol–water partition coefficient (Wildman–Crippen LogP) is 2.10. The van der Waals surface area contributed by atoms with Gasteiger partial charge in [-0.15, -0.1) is 0 Å². The van der Waals surface area contributed by atoms with Crippen LogP contribution in [0.5, 0.6) is 17.2 Å². The molecular weight excluding hydrogens is 354 g/mol. The zero-order chi connectivity index (χ0) is 20.4. The third-order valence-electron chi connectivity index (χ3n) is 5.38. The molecule has 1 aliphatic rings. The molecule has 1 saturated carbocycles. The van der Waals surface area contributed by atoms with Gasteiger partial charge in [0.1, 0.15) is 5.54 Å². The molecule has 2 N–H and O–H groups in total. The number of carboxylic acids is 1. The van der Waals surface area contributed by atoms with E-state index in [1.54, 1.807) is 13.8 Å². The Labute approximate surface area is 158 Å². The molecule has 1 aromatic carbocycles. The Bertz CT molecular complexity index is 706. The molecule has 8 nitrogen and oxygen atoms in total. The van der Waals surface area contributed by atoms with Crippen molar-refractivity contribution in [1.29, 1.82) is 0 Å². The fraction of sp³-hybridized carbons (Fsp3) is 0.579. The fourth-order valence-corrected chi connectivity index (χ4v) is 3.52. The van der Waals surface area contributed by atoms with Gasteiger partial charge >= 0.3 is 5.97 Å². The van der Waals surface area contributed by atoms with E-state index >= 15 is 0 Å². The molecule has 0 heterocycles. The summed E-state index contributed by atoms with van der Waals surface area (Å²) in [5.74, 6) is -0.660. The number of carbonyl (C=O) groups is 2. The molecule has 0 bridgehead atoms. The van der Waals surface area contributed by atoms with Crippen molar-refractivity contribution in [3.8, 4) is 17.2 Å². The average Bonchev–Trinajstić information content (AvgIpc) is 2.64. The van der Waals surface area contributed by atoms with Gasteiger partial charge < -0.3 is 29.4 Å². The van der Waals surface area contributed by atoms with Gasteiger partial charge in [0.05, 0.1) is 27.4 Å².